The molecule has 5 heteroatoms. The van der Waals surface area contributed by atoms with E-state index in [1.165, 1.54) is 16.7 Å². The molecule has 0 saturated heterocycles. The normalized spacial score (nSPS) is 11.2. The lowest BCUT2D eigenvalue weighted by Gasteiger charge is -2.20. The molecule has 25 heavy (non-hydrogen) atoms. The van der Waals surface area contributed by atoms with E-state index in [0.29, 0.717) is 6.67 Å². The van der Waals surface area contributed by atoms with E-state index in [4.69, 9.17) is 12.2 Å². The molecule has 3 rings (SSSR count). The van der Waals surface area contributed by atoms with Gasteiger partial charge in [0.1, 0.15) is 6.33 Å². The molecule has 0 bridgehead atoms. The van der Waals surface area contributed by atoms with Crippen molar-refractivity contribution in [2.45, 2.75) is 34.0 Å². The fraction of sp³-hybridized carbons (Fsp3) is 0.300. The molecule has 0 spiro atoms. The molecule has 1 heterocycles. The second-order valence-corrected chi connectivity index (χ2v) is 6.71. The molecule has 0 aliphatic rings. The maximum Gasteiger partial charge on any atom is 0.203 e. The van der Waals surface area contributed by atoms with Crippen LogP contribution in [0.4, 0.5) is 0 Å². The molecule has 0 N–H and O–H groups in total. The maximum atomic E-state index is 5.67. The highest BCUT2D eigenvalue weighted by molar-refractivity contribution is 7.71. The van der Waals surface area contributed by atoms with Gasteiger partial charge in [0.05, 0.1) is 12.4 Å². The van der Waals surface area contributed by atoms with Gasteiger partial charge in [0.25, 0.3) is 0 Å². The van der Waals surface area contributed by atoms with Crippen LogP contribution in [-0.2, 0) is 13.2 Å². The van der Waals surface area contributed by atoms with Gasteiger partial charge >= 0.3 is 0 Å². The molecule has 3 aromatic rings. The van der Waals surface area contributed by atoms with Crippen LogP contribution >= 0.6 is 12.2 Å². The van der Waals surface area contributed by atoms with E-state index in [9.17, 15) is 0 Å². The highest BCUT2D eigenvalue weighted by Crippen LogP contribution is 2.16. The molecular formula is C20H24N4S. The van der Waals surface area contributed by atoms with E-state index in [1.807, 2.05) is 21.6 Å². The average Bonchev–Trinajstić information content (AvgIpc) is 2.96. The molecule has 0 aliphatic heterocycles. The molecule has 0 saturated carbocycles. The van der Waals surface area contributed by atoms with Crippen LogP contribution in [0.2, 0.25) is 0 Å². The van der Waals surface area contributed by atoms with Gasteiger partial charge in [-0.1, -0.05) is 55.0 Å². The molecule has 4 nitrogen and oxygen atoms in total. The molecule has 0 atom stereocenters. The zero-order valence-corrected chi connectivity index (χ0v) is 15.8. The van der Waals surface area contributed by atoms with Crippen LogP contribution in [0.3, 0.4) is 0 Å². The Balaban J connectivity index is 1.82. The van der Waals surface area contributed by atoms with Gasteiger partial charge < -0.3 is 0 Å². The Labute approximate surface area is 154 Å². The molecule has 1 aromatic heterocycles. The minimum absolute atomic E-state index is 0.683. The van der Waals surface area contributed by atoms with Crippen LogP contribution in [0.15, 0.2) is 54.9 Å². The summed E-state index contributed by atoms with van der Waals surface area (Å²) >= 11 is 5.67. The lowest BCUT2D eigenvalue weighted by Crippen LogP contribution is -2.26. The number of nitrogens with zero attached hydrogens (tertiary/aromatic N) is 4. The summed E-state index contributed by atoms with van der Waals surface area (Å²) in [6.07, 6.45) is 1.82. The van der Waals surface area contributed by atoms with Crippen molar-refractivity contribution in [3.63, 3.8) is 0 Å². The Morgan fingerprint density at radius 1 is 1.08 bits per heavy atom. The summed E-state index contributed by atoms with van der Waals surface area (Å²) in [5, 5.41) is 4.52. The van der Waals surface area contributed by atoms with Gasteiger partial charge in [-0.05, 0) is 49.8 Å². The standard InChI is InChI=1S/C20H24N4S/c1-4-22(13-18-8-6-5-7-9-18)15-24-20(25)23(14-21-24)19-11-10-16(2)12-17(19)3/h5-12,14H,4,13,15H2,1-3H3. The van der Waals surface area contributed by atoms with Gasteiger partial charge in [0, 0.05) is 6.54 Å². The van der Waals surface area contributed by atoms with E-state index >= 15 is 0 Å². The number of hydrogen-bond donors (Lipinski definition) is 0. The van der Waals surface area contributed by atoms with Crippen LogP contribution in [0, 0.1) is 18.6 Å². The van der Waals surface area contributed by atoms with Gasteiger partial charge in [-0.3, -0.25) is 9.47 Å². The molecule has 130 valence electrons. The average molecular weight is 353 g/mol. The SMILES string of the molecule is CCN(Cc1ccccc1)Cn1ncn(-c2ccc(C)cc2C)c1=S. The van der Waals surface area contributed by atoms with Gasteiger partial charge in [0.15, 0.2) is 0 Å². The lowest BCUT2D eigenvalue weighted by molar-refractivity contribution is 0.207. The lowest BCUT2D eigenvalue weighted by atomic mass is 10.1. The third-order valence-corrected chi connectivity index (χ3v) is 4.78. The summed E-state index contributed by atoms with van der Waals surface area (Å²) in [7, 11) is 0. The largest absolute Gasteiger partial charge is 0.280 e. The van der Waals surface area contributed by atoms with Crippen molar-refractivity contribution >= 4 is 12.2 Å². The molecule has 0 fully saturated rings. The van der Waals surface area contributed by atoms with Crippen LogP contribution in [0.25, 0.3) is 5.69 Å². The summed E-state index contributed by atoms with van der Waals surface area (Å²) < 4.78 is 4.60. The molecule has 0 aliphatic carbocycles. The fourth-order valence-corrected chi connectivity index (χ4v) is 3.22. The van der Waals surface area contributed by atoms with Gasteiger partial charge in [-0.2, -0.15) is 5.10 Å². The Bertz CT molecular complexity index is 896. The van der Waals surface area contributed by atoms with E-state index in [0.717, 1.165) is 23.5 Å². The Morgan fingerprint density at radius 2 is 1.84 bits per heavy atom. The molecule has 2 aromatic carbocycles. The second kappa shape index (κ2) is 7.76. The van der Waals surface area contributed by atoms with E-state index in [-0.39, 0.29) is 0 Å². The van der Waals surface area contributed by atoms with Crippen molar-refractivity contribution in [1.29, 1.82) is 0 Å². The van der Waals surface area contributed by atoms with Crippen molar-refractivity contribution in [1.82, 2.24) is 19.2 Å². The first-order valence-corrected chi connectivity index (χ1v) is 8.97. The zero-order valence-electron chi connectivity index (χ0n) is 15.0. The highest BCUT2D eigenvalue weighted by Gasteiger charge is 2.10. The van der Waals surface area contributed by atoms with Crippen LogP contribution in [0.5, 0.6) is 0 Å². The van der Waals surface area contributed by atoms with Crippen LogP contribution in [-0.4, -0.2) is 25.8 Å². The summed E-state index contributed by atoms with van der Waals surface area (Å²) in [5.41, 5.74) is 4.84. The third kappa shape index (κ3) is 4.06. The molecule has 0 radical (unpaired) electrons. The van der Waals surface area contributed by atoms with E-state index < -0.39 is 0 Å². The van der Waals surface area contributed by atoms with Crippen LogP contribution < -0.4 is 0 Å². The number of hydrogen-bond acceptors (Lipinski definition) is 3. The predicted octanol–water partition coefficient (Wildman–Crippen LogP) is 4.50. The Morgan fingerprint density at radius 3 is 2.52 bits per heavy atom. The maximum absolute atomic E-state index is 5.67. The van der Waals surface area contributed by atoms with Crippen molar-refractivity contribution in [3.05, 3.63) is 76.3 Å². The van der Waals surface area contributed by atoms with Crippen LogP contribution in [0.1, 0.15) is 23.6 Å². The third-order valence-electron chi connectivity index (χ3n) is 4.38. The van der Waals surface area contributed by atoms with Crippen molar-refractivity contribution in [2.75, 3.05) is 6.54 Å². The van der Waals surface area contributed by atoms with Gasteiger partial charge in [-0.15, -0.1) is 0 Å². The fourth-order valence-electron chi connectivity index (χ4n) is 2.97. The predicted molar refractivity (Wildman–Crippen MR) is 104 cm³/mol. The number of aromatic nitrogens is 3. The highest BCUT2D eigenvalue weighted by atomic mass is 32.1. The minimum atomic E-state index is 0.683. The van der Waals surface area contributed by atoms with Gasteiger partial charge in [0.2, 0.25) is 4.77 Å². The summed E-state index contributed by atoms with van der Waals surface area (Å²) in [4.78, 5) is 2.32. The molecular weight excluding hydrogens is 328 g/mol. The smallest absolute Gasteiger partial charge is 0.203 e. The van der Waals surface area contributed by atoms with Crippen molar-refractivity contribution in [2.24, 2.45) is 0 Å². The van der Waals surface area contributed by atoms with E-state index in [2.05, 4.69) is 73.2 Å². The topological polar surface area (TPSA) is 26.0 Å². The van der Waals surface area contributed by atoms with Crippen molar-refractivity contribution < 1.29 is 0 Å². The number of aryl methyl sites for hydroxylation is 2. The summed E-state index contributed by atoms with van der Waals surface area (Å²) in [6.45, 7) is 8.87. The van der Waals surface area contributed by atoms with E-state index in [1.54, 1.807) is 0 Å². The number of rotatable bonds is 6. The first-order chi connectivity index (χ1) is 12.1. The minimum Gasteiger partial charge on any atom is -0.280 e. The Kier molecular flexibility index (Phi) is 5.46. The second-order valence-electron chi connectivity index (χ2n) is 6.35. The summed E-state index contributed by atoms with van der Waals surface area (Å²) in [6, 6.07) is 16.9. The quantitative estimate of drug-likeness (QED) is 0.611. The zero-order chi connectivity index (χ0) is 17.8. The first kappa shape index (κ1) is 17.6. The first-order valence-electron chi connectivity index (χ1n) is 8.57. The van der Waals surface area contributed by atoms with Gasteiger partial charge in [-0.25, -0.2) is 4.68 Å². The van der Waals surface area contributed by atoms with Crippen molar-refractivity contribution in [3.8, 4) is 5.69 Å². The molecule has 0 unspecified atom stereocenters. The number of benzene rings is 2. The summed E-state index contributed by atoms with van der Waals surface area (Å²) in [5.74, 6) is 0. The molecule has 0 amide bonds. The monoisotopic (exact) mass is 352 g/mol. The Hall–Kier alpha value is -2.24.